The number of rotatable bonds is 4. The van der Waals surface area contributed by atoms with Crippen molar-refractivity contribution in [1.82, 2.24) is 4.98 Å². The van der Waals surface area contributed by atoms with Crippen LogP contribution in [0.1, 0.15) is 5.56 Å². The third-order valence-corrected chi connectivity index (χ3v) is 3.16. The summed E-state index contributed by atoms with van der Waals surface area (Å²) in [6.07, 6.45) is 1.73. The summed E-state index contributed by atoms with van der Waals surface area (Å²) in [6.45, 7) is 0.422. The molecule has 1 aromatic heterocycles. The molecule has 1 aromatic carbocycles. The number of nitrogens with two attached hydrogens (primary N) is 1. The van der Waals surface area contributed by atoms with Crippen molar-refractivity contribution in [2.75, 3.05) is 19.1 Å². The van der Waals surface area contributed by atoms with Gasteiger partial charge in [-0.3, -0.25) is 0 Å². The Bertz CT molecular complexity index is 574. The second kappa shape index (κ2) is 5.91. The maximum absolute atomic E-state index is 6.25. The fraction of sp³-hybridized carbons (Fsp3) is 0.214. The molecule has 1 heterocycles. The van der Waals surface area contributed by atoms with Crippen molar-refractivity contribution in [3.8, 4) is 5.75 Å². The van der Waals surface area contributed by atoms with E-state index in [2.05, 4.69) is 4.98 Å². The molecular weight excluding hydrogens is 262 g/mol. The van der Waals surface area contributed by atoms with Gasteiger partial charge in [-0.2, -0.15) is 0 Å². The minimum atomic E-state index is 0.422. The Hall–Kier alpha value is -1.78. The van der Waals surface area contributed by atoms with E-state index in [-0.39, 0.29) is 0 Å². The van der Waals surface area contributed by atoms with Crippen LogP contribution in [0.4, 0.5) is 11.5 Å². The number of methoxy groups -OCH3 is 1. The molecule has 0 saturated carbocycles. The number of nitrogens with zero attached hydrogens (tertiary/aromatic N) is 2. The number of pyridine rings is 1. The fourth-order valence-electron chi connectivity index (χ4n) is 1.85. The van der Waals surface area contributed by atoms with Crippen LogP contribution < -0.4 is 15.4 Å². The number of aromatic nitrogens is 1. The summed E-state index contributed by atoms with van der Waals surface area (Å²) in [5, 5.41) is 0.566. The average molecular weight is 278 g/mol. The molecule has 0 aliphatic rings. The first kappa shape index (κ1) is 13.6. The normalized spacial score (nSPS) is 10.3. The summed E-state index contributed by atoms with van der Waals surface area (Å²) < 4.78 is 5.34. The van der Waals surface area contributed by atoms with Crippen LogP contribution in [0.2, 0.25) is 5.02 Å². The topological polar surface area (TPSA) is 51.4 Å². The Morgan fingerprint density at radius 1 is 1.37 bits per heavy atom. The van der Waals surface area contributed by atoms with E-state index in [9.17, 15) is 0 Å². The Morgan fingerprint density at radius 3 is 2.74 bits per heavy atom. The zero-order valence-corrected chi connectivity index (χ0v) is 11.7. The molecule has 2 rings (SSSR count). The highest BCUT2D eigenvalue weighted by atomic mass is 35.5. The number of anilines is 2. The molecule has 2 N–H and O–H groups in total. The van der Waals surface area contributed by atoms with E-state index in [1.54, 1.807) is 13.3 Å². The van der Waals surface area contributed by atoms with Gasteiger partial charge >= 0.3 is 0 Å². The molecule has 0 unspecified atom stereocenters. The molecule has 0 aliphatic carbocycles. The first-order valence-corrected chi connectivity index (χ1v) is 6.26. The van der Waals surface area contributed by atoms with Crippen molar-refractivity contribution in [2.45, 2.75) is 6.54 Å². The lowest BCUT2D eigenvalue weighted by Crippen LogP contribution is -2.13. The first-order valence-electron chi connectivity index (χ1n) is 5.88. The molecule has 0 bridgehead atoms. The molecule has 0 saturated heterocycles. The molecule has 0 radical (unpaired) electrons. The zero-order chi connectivity index (χ0) is 13.8. The third-order valence-electron chi connectivity index (χ3n) is 2.88. The molecule has 0 fully saturated rings. The third kappa shape index (κ3) is 2.80. The summed E-state index contributed by atoms with van der Waals surface area (Å²) in [5.74, 6) is 1.44. The summed E-state index contributed by atoms with van der Waals surface area (Å²) in [4.78, 5) is 6.25. The van der Waals surface area contributed by atoms with Crippen LogP contribution in [-0.4, -0.2) is 19.1 Å². The molecule has 0 atom stereocenters. The van der Waals surface area contributed by atoms with E-state index in [0.29, 0.717) is 17.4 Å². The van der Waals surface area contributed by atoms with Gasteiger partial charge in [-0.1, -0.05) is 23.7 Å². The van der Waals surface area contributed by atoms with Gasteiger partial charge in [0.25, 0.3) is 0 Å². The summed E-state index contributed by atoms with van der Waals surface area (Å²) in [5.41, 5.74) is 7.38. The maximum Gasteiger partial charge on any atom is 0.151 e. The zero-order valence-electron chi connectivity index (χ0n) is 10.9. The highest BCUT2D eigenvalue weighted by molar-refractivity contribution is 6.33. The SMILES string of the molecule is COc1ccccc1N(C)c1ncc(CN)cc1Cl. The Balaban J connectivity index is 2.41. The van der Waals surface area contributed by atoms with Gasteiger partial charge in [0.2, 0.25) is 0 Å². The van der Waals surface area contributed by atoms with E-state index in [1.807, 2.05) is 42.3 Å². The van der Waals surface area contributed by atoms with Gasteiger partial charge in [0.1, 0.15) is 5.75 Å². The minimum Gasteiger partial charge on any atom is -0.495 e. The van der Waals surface area contributed by atoms with Crippen molar-refractivity contribution < 1.29 is 4.74 Å². The van der Waals surface area contributed by atoms with Crippen LogP contribution in [0.3, 0.4) is 0 Å². The molecule has 0 aliphatic heterocycles. The van der Waals surface area contributed by atoms with Gasteiger partial charge < -0.3 is 15.4 Å². The number of ether oxygens (including phenoxy) is 1. The average Bonchev–Trinajstić information content (AvgIpc) is 2.46. The first-order chi connectivity index (χ1) is 9.17. The van der Waals surface area contributed by atoms with Gasteiger partial charge in [0.05, 0.1) is 17.8 Å². The Morgan fingerprint density at radius 2 is 2.11 bits per heavy atom. The van der Waals surface area contributed by atoms with Crippen molar-refractivity contribution in [1.29, 1.82) is 0 Å². The van der Waals surface area contributed by atoms with E-state index in [1.165, 1.54) is 0 Å². The highest BCUT2D eigenvalue weighted by Crippen LogP contribution is 2.34. The summed E-state index contributed by atoms with van der Waals surface area (Å²) in [7, 11) is 3.54. The van der Waals surface area contributed by atoms with Gasteiger partial charge in [0, 0.05) is 19.8 Å². The highest BCUT2D eigenvalue weighted by Gasteiger charge is 2.13. The van der Waals surface area contributed by atoms with Crippen LogP contribution >= 0.6 is 11.6 Å². The predicted octanol–water partition coefficient (Wildman–Crippen LogP) is 2.97. The van der Waals surface area contributed by atoms with Crippen LogP contribution in [0.25, 0.3) is 0 Å². The van der Waals surface area contributed by atoms with Crippen LogP contribution in [0.5, 0.6) is 5.75 Å². The lowest BCUT2D eigenvalue weighted by molar-refractivity contribution is 0.415. The van der Waals surface area contributed by atoms with E-state index < -0.39 is 0 Å². The predicted molar refractivity (Wildman–Crippen MR) is 78.2 cm³/mol. The number of halogens is 1. The number of hydrogen-bond acceptors (Lipinski definition) is 4. The largest absolute Gasteiger partial charge is 0.495 e. The summed E-state index contributed by atoms with van der Waals surface area (Å²) in [6, 6.07) is 9.54. The van der Waals surface area contributed by atoms with E-state index >= 15 is 0 Å². The van der Waals surface area contributed by atoms with E-state index in [0.717, 1.165) is 17.0 Å². The fourth-order valence-corrected chi connectivity index (χ4v) is 2.17. The minimum absolute atomic E-state index is 0.422. The van der Waals surface area contributed by atoms with Gasteiger partial charge in [-0.15, -0.1) is 0 Å². The van der Waals surface area contributed by atoms with Crippen LogP contribution in [0, 0.1) is 0 Å². The standard InChI is InChI=1S/C14H16ClN3O/c1-18(12-5-3-4-6-13(12)19-2)14-11(15)7-10(8-16)9-17-14/h3-7,9H,8,16H2,1-2H3. The molecule has 0 amide bonds. The van der Waals surface area contributed by atoms with Crippen molar-refractivity contribution in [3.63, 3.8) is 0 Å². The summed E-state index contributed by atoms with van der Waals surface area (Å²) >= 11 is 6.25. The lowest BCUT2D eigenvalue weighted by Gasteiger charge is -2.21. The van der Waals surface area contributed by atoms with Crippen molar-refractivity contribution in [2.24, 2.45) is 5.73 Å². The van der Waals surface area contributed by atoms with Crippen LogP contribution in [0.15, 0.2) is 36.5 Å². The Kier molecular flexibility index (Phi) is 4.24. The smallest absolute Gasteiger partial charge is 0.151 e. The molecule has 5 heteroatoms. The second-order valence-electron chi connectivity index (χ2n) is 4.08. The van der Waals surface area contributed by atoms with Crippen molar-refractivity contribution in [3.05, 3.63) is 47.1 Å². The maximum atomic E-state index is 6.25. The monoisotopic (exact) mass is 277 g/mol. The molecule has 0 spiro atoms. The van der Waals surface area contributed by atoms with Crippen molar-refractivity contribution >= 4 is 23.1 Å². The second-order valence-corrected chi connectivity index (χ2v) is 4.49. The molecule has 100 valence electrons. The number of benzene rings is 1. The lowest BCUT2D eigenvalue weighted by atomic mass is 10.2. The molecule has 2 aromatic rings. The van der Waals surface area contributed by atoms with E-state index in [4.69, 9.17) is 22.1 Å². The number of para-hydroxylation sites is 2. The van der Waals surface area contributed by atoms with Gasteiger partial charge in [0.15, 0.2) is 5.82 Å². The molecular formula is C14H16ClN3O. The van der Waals surface area contributed by atoms with Gasteiger partial charge in [-0.25, -0.2) is 4.98 Å². The quantitative estimate of drug-likeness (QED) is 0.933. The molecule has 19 heavy (non-hydrogen) atoms. The number of hydrogen-bond donors (Lipinski definition) is 1. The molecule has 4 nitrogen and oxygen atoms in total. The van der Waals surface area contributed by atoms with Crippen LogP contribution in [-0.2, 0) is 6.54 Å². The Labute approximate surface area is 117 Å². The van der Waals surface area contributed by atoms with Gasteiger partial charge in [-0.05, 0) is 23.8 Å².